The van der Waals surface area contributed by atoms with Gasteiger partial charge >= 0.3 is 0 Å². The number of thioether (sulfide) groups is 1. The van der Waals surface area contributed by atoms with Gasteiger partial charge in [0.25, 0.3) is 5.22 Å². The summed E-state index contributed by atoms with van der Waals surface area (Å²) in [5.41, 5.74) is 1.56. The summed E-state index contributed by atoms with van der Waals surface area (Å²) in [5, 5.41) is 0.562. The van der Waals surface area contributed by atoms with Gasteiger partial charge in [-0.15, -0.1) is 0 Å². The Morgan fingerprint density at radius 1 is 1.39 bits per heavy atom. The van der Waals surface area contributed by atoms with Gasteiger partial charge in [0.05, 0.1) is 5.75 Å². The SMILES string of the molecule is CCS(=O)(=O)NCCSc1nc2ccccc2o1. The lowest BCUT2D eigenvalue weighted by molar-refractivity contribution is 0.489. The molecule has 0 aliphatic rings. The molecule has 7 heteroatoms. The van der Waals surface area contributed by atoms with E-state index in [1.807, 2.05) is 24.3 Å². The Morgan fingerprint density at radius 2 is 2.17 bits per heavy atom. The van der Waals surface area contributed by atoms with Crippen molar-refractivity contribution in [1.29, 1.82) is 0 Å². The maximum atomic E-state index is 11.2. The van der Waals surface area contributed by atoms with Gasteiger partial charge in [-0.2, -0.15) is 0 Å². The van der Waals surface area contributed by atoms with Crippen LogP contribution in [-0.2, 0) is 10.0 Å². The Labute approximate surface area is 110 Å². The van der Waals surface area contributed by atoms with Crippen LogP contribution in [0.1, 0.15) is 6.92 Å². The van der Waals surface area contributed by atoms with E-state index in [4.69, 9.17) is 4.42 Å². The number of aromatic nitrogens is 1. The largest absolute Gasteiger partial charge is 0.431 e. The molecule has 0 saturated carbocycles. The molecule has 0 spiro atoms. The smallest absolute Gasteiger partial charge is 0.256 e. The Bertz CT molecular complexity index is 589. The Kier molecular flexibility index (Phi) is 4.26. The maximum Gasteiger partial charge on any atom is 0.256 e. The van der Waals surface area contributed by atoms with Crippen molar-refractivity contribution < 1.29 is 12.8 Å². The van der Waals surface area contributed by atoms with E-state index >= 15 is 0 Å². The highest BCUT2D eigenvalue weighted by Gasteiger charge is 2.07. The minimum Gasteiger partial charge on any atom is -0.431 e. The summed E-state index contributed by atoms with van der Waals surface area (Å²) < 4.78 is 30.4. The summed E-state index contributed by atoms with van der Waals surface area (Å²) in [4.78, 5) is 4.29. The van der Waals surface area contributed by atoms with Crippen molar-refractivity contribution in [1.82, 2.24) is 9.71 Å². The molecule has 0 aliphatic heterocycles. The first-order chi connectivity index (χ1) is 8.61. The minimum atomic E-state index is -3.11. The van der Waals surface area contributed by atoms with Crippen LogP contribution in [0.5, 0.6) is 0 Å². The van der Waals surface area contributed by atoms with E-state index in [1.165, 1.54) is 11.8 Å². The second kappa shape index (κ2) is 5.73. The summed E-state index contributed by atoms with van der Waals surface area (Å²) >= 11 is 1.39. The van der Waals surface area contributed by atoms with Crippen LogP contribution in [-0.4, -0.2) is 31.5 Å². The zero-order chi connectivity index (χ0) is 13.0. The average molecular weight is 286 g/mol. The minimum absolute atomic E-state index is 0.0978. The fourth-order valence-corrected chi connectivity index (χ4v) is 2.79. The van der Waals surface area contributed by atoms with Crippen molar-refractivity contribution in [2.75, 3.05) is 18.1 Å². The van der Waals surface area contributed by atoms with E-state index in [9.17, 15) is 8.42 Å². The molecule has 1 aromatic carbocycles. The quantitative estimate of drug-likeness (QED) is 0.648. The number of nitrogens with zero attached hydrogens (tertiary/aromatic N) is 1. The van der Waals surface area contributed by atoms with E-state index in [0.717, 1.165) is 11.1 Å². The molecule has 0 amide bonds. The van der Waals surface area contributed by atoms with Crippen molar-refractivity contribution in [3.63, 3.8) is 0 Å². The number of para-hydroxylation sites is 2. The zero-order valence-corrected chi connectivity index (χ0v) is 11.6. The van der Waals surface area contributed by atoms with Crippen LogP contribution in [0.25, 0.3) is 11.1 Å². The number of nitrogens with one attached hydrogen (secondary N) is 1. The molecular weight excluding hydrogens is 272 g/mol. The van der Waals surface area contributed by atoms with Gasteiger partial charge < -0.3 is 4.42 Å². The molecule has 5 nitrogen and oxygen atoms in total. The highest BCUT2D eigenvalue weighted by molar-refractivity contribution is 7.99. The Morgan fingerprint density at radius 3 is 2.89 bits per heavy atom. The number of hydrogen-bond acceptors (Lipinski definition) is 5. The number of fused-ring (bicyclic) bond motifs is 1. The van der Waals surface area contributed by atoms with E-state index in [-0.39, 0.29) is 5.75 Å². The summed E-state index contributed by atoms with van der Waals surface area (Å²) in [7, 11) is -3.11. The lowest BCUT2D eigenvalue weighted by Crippen LogP contribution is -2.27. The highest BCUT2D eigenvalue weighted by Crippen LogP contribution is 2.22. The molecule has 2 rings (SSSR count). The van der Waals surface area contributed by atoms with Crippen LogP contribution < -0.4 is 4.72 Å². The van der Waals surface area contributed by atoms with Gasteiger partial charge in [-0.1, -0.05) is 23.9 Å². The van der Waals surface area contributed by atoms with Crippen molar-refractivity contribution in [3.05, 3.63) is 24.3 Å². The molecule has 0 fully saturated rings. The summed E-state index contributed by atoms with van der Waals surface area (Å²) in [5.74, 6) is 0.687. The van der Waals surface area contributed by atoms with Gasteiger partial charge in [0.2, 0.25) is 10.0 Å². The first kappa shape index (κ1) is 13.4. The number of rotatable bonds is 6. The highest BCUT2D eigenvalue weighted by atomic mass is 32.2. The molecule has 2 aromatic rings. The van der Waals surface area contributed by atoms with Gasteiger partial charge in [0.1, 0.15) is 5.52 Å². The van der Waals surface area contributed by atoms with Crippen LogP contribution in [0.3, 0.4) is 0 Å². The van der Waals surface area contributed by atoms with E-state index in [2.05, 4.69) is 9.71 Å². The second-order valence-electron chi connectivity index (χ2n) is 3.59. The van der Waals surface area contributed by atoms with Gasteiger partial charge in [0, 0.05) is 12.3 Å². The van der Waals surface area contributed by atoms with E-state index in [1.54, 1.807) is 6.92 Å². The van der Waals surface area contributed by atoms with Crippen LogP contribution in [0, 0.1) is 0 Å². The molecule has 0 saturated heterocycles. The lowest BCUT2D eigenvalue weighted by Gasteiger charge is -2.01. The van der Waals surface area contributed by atoms with Crippen LogP contribution in [0.4, 0.5) is 0 Å². The third kappa shape index (κ3) is 3.47. The molecule has 1 heterocycles. The van der Waals surface area contributed by atoms with Gasteiger partial charge in [-0.05, 0) is 19.1 Å². The number of benzene rings is 1. The summed E-state index contributed by atoms with van der Waals surface area (Å²) in [6.45, 7) is 1.98. The van der Waals surface area contributed by atoms with Crippen LogP contribution >= 0.6 is 11.8 Å². The van der Waals surface area contributed by atoms with Gasteiger partial charge in [-0.25, -0.2) is 18.1 Å². The molecule has 1 N–H and O–H groups in total. The standard InChI is InChI=1S/C11H14N2O3S2/c1-2-18(14,15)12-7-8-17-11-13-9-5-3-4-6-10(9)16-11/h3-6,12H,2,7-8H2,1H3. The first-order valence-corrected chi connectivity index (χ1v) is 8.20. The van der Waals surface area contributed by atoms with Gasteiger partial charge in [0.15, 0.2) is 5.58 Å². The predicted octanol–water partition coefficient (Wildman–Crippen LogP) is 1.86. The first-order valence-electron chi connectivity index (χ1n) is 5.56. The van der Waals surface area contributed by atoms with E-state index < -0.39 is 10.0 Å². The molecule has 0 atom stereocenters. The number of sulfonamides is 1. The topological polar surface area (TPSA) is 72.2 Å². The molecule has 0 radical (unpaired) electrons. The summed E-state index contributed by atoms with van der Waals surface area (Å²) in [6, 6.07) is 7.51. The fraction of sp³-hybridized carbons (Fsp3) is 0.364. The predicted molar refractivity (Wildman–Crippen MR) is 72.2 cm³/mol. The molecule has 0 aliphatic carbocycles. The Balaban J connectivity index is 1.87. The third-order valence-corrected chi connectivity index (χ3v) is 4.54. The molecule has 98 valence electrons. The van der Waals surface area contributed by atoms with Crippen molar-refractivity contribution >= 4 is 32.9 Å². The fourth-order valence-electron chi connectivity index (χ4n) is 1.35. The molecule has 18 heavy (non-hydrogen) atoms. The summed E-state index contributed by atoms with van der Waals surface area (Å²) in [6.07, 6.45) is 0. The zero-order valence-electron chi connectivity index (χ0n) is 9.92. The lowest BCUT2D eigenvalue weighted by atomic mass is 10.3. The maximum absolute atomic E-state index is 11.2. The third-order valence-electron chi connectivity index (χ3n) is 2.30. The van der Waals surface area contributed by atoms with Crippen LogP contribution in [0.2, 0.25) is 0 Å². The monoisotopic (exact) mass is 286 g/mol. The molecule has 1 aromatic heterocycles. The average Bonchev–Trinajstić information content (AvgIpc) is 2.77. The Hall–Kier alpha value is -1.05. The number of hydrogen-bond donors (Lipinski definition) is 1. The second-order valence-corrected chi connectivity index (χ2v) is 6.74. The van der Waals surface area contributed by atoms with Crippen molar-refractivity contribution in [3.8, 4) is 0 Å². The van der Waals surface area contributed by atoms with Crippen molar-refractivity contribution in [2.45, 2.75) is 12.1 Å². The normalized spacial score (nSPS) is 12.1. The van der Waals surface area contributed by atoms with E-state index in [0.29, 0.717) is 17.5 Å². The van der Waals surface area contributed by atoms with Gasteiger partial charge in [-0.3, -0.25) is 0 Å². The van der Waals surface area contributed by atoms with Crippen molar-refractivity contribution in [2.24, 2.45) is 0 Å². The molecule has 0 bridgehead atoms. The molecule has 0 unspecified atom stereocenters. The number of oxazole rings is 1. The van der Waals surface area contributed by atoms with Crippen LogP contribution in [0.15, 0.2) is 33.9 Å². The molecular formula is C11H14N2O3S2.